The summed E-state index contributed by atoms with van der Waals surface area (Å²) < 4.78 is 5.10. The van der Waals surface area contributed by atoms with E-state index in [1.54, 1.807) is 7.05 Å². The molecule has 3 nitrogen and oxygen atoms in total. The molecule has 0 spiro atoms. The van der Waals surface area contributed by atoms with Crippen LogP contribution in [0, 0.1) is 5.41 Å². The van der Waals surface area contributed by atoms with E-state index in [0.717, 1.165) is 0 Å². The first-order valence-corrected chi connectivity index (χ1v) is 4.98. The van der Waals surface area contributed by atoms with Crippen LogP contribution in [0.25, 0.3) is 0 Å². The smallest absolute Gasteiger partial charge is 0.323 e. The molecule has 0 aliphatic heterocycles. The van der Waals surface area contributed by atoms with Crippen LogP contribution in [0.5, 0.6) is 0 Å². The highest BCUT2D eigenvalue weighted by Gasteiger charge is 2.19. The second-order valence-corrected chi connectivity index (χ2v) is 4.56. The van der Waals surface area contributed by atoms with E-state index in [2.05, 4.69) is 17.9 Å². The molecule has 0 unspecified atom stereocenters. The third-order valence-corrected chi connectivity index (χ3v) is 1.83. The van der Waals surface area contributed by atoms with Crippen molar-refractivity contribution in [1.82, 2.24) is 5.32 Å². The third kappa shape index (κ3) is 5.93. The van der Waals surface area contributed by atoms with E-state index in [-0.39, 0.29) is 17.4 Å². The Balaban J connectivity index is 3.86. The van der Waals surface area contributed by atoms with Gasteiger partial charge in [0.25, 0.3) is 0 Å². The van der Waals surface area contributed by atoms with E-state index in [4.69, 9.17) is 4.74 Å². The summed E-state index contributed by atoms with van der Waals surface area (Å²) >= 11 is 4.04. The molecule has 0 aromatic rings. The van der Waals surface area contributed by atoms with Crippen molar-refractivity contribution in [3.8, 4) is 0 Å². The molecule has 13 heavy (non-hydrogen) atoms. The van der Waals surface area contributed by atoms with E-state index < -0.39 is 0 Å². The number of ether oxygens (including phenoxy) is 1. The van der Waals surface area contributed by atoms with E-state index in [0.29, 0.717) is 12.4 Å². The van der Waals surface area contributed by atoms with Crippen LogP contribution >= 0.6 is 12.6 Å². The Labute approximate surface area is 85.6 Å². The van der Waals surface area contributed by atoms with E-state index in [1.165, 1.54) is 0 Å². The summed E-state index contributed by atoms with van der Waals surface area (Å²) in [5, 5.41) is 2.84. The van der Waals surface area contributed by atoms with Gasteiger partial charge in [-0.15, -0.1) is 0 Å². The molecule has 0 aliphatic rings. The number of carbonyl (C=O) groups excluding carboxylic acids is 1. The number of esters is 1. The van der Waals surface area contributed by atoms with Crippen molar-refractivity contribution in [3.05, 3.63) is 0 Å². The van der Waals surface area contributed by atoms with Gasteiger partial charge in [-0.3, -0.25) is 4.79 Å². The van der Waals surface area contributed by atoms with Crippen LogP contribution < -0.4 is 5.32 Å². The van der Waals surface area contributed by atoms with Crippen LogP contribution in [0.15, 0.2) is 0 Å². The summed E-state index contributed by atoms with van der Waals surface area (Å²) in [6, 6.07) is -0.300. The van der Waals surface area contributed by atoms with E-state index in [9.17, 15) is 4.79 Å². The number of nitrogens with one attached hydrogen (secondary N) is 1. The van der Waals surface area contributed by atoms with Gasteiger partial charge < -0.3 is 10.1 Å². The van der Waals surface area contributed by atoms with Crippen LogP contribution in [0.3, 0.4) is 0 Å². The summed E-state index contributed by atoms with van der Waals surface area (Å²) in [7, 11) is 1.72. The highest BCUT2D eigenvalue weighted by Crippen LogP contribution is 2.13. The van der Waals surface area contributed by atoms with Crippen molar-refractivity contribution in [2.45, 2.75) is 26.8 Å². The van der Waals surface area contributed by atoms with Gasteiger partial charge in [-0.05, 0) is 12.5 Å². The average Bonchev–Trinajstić information content (AvgIpc) is 2.02. The molecule has 0 amide bonds. The normalized spacial score (nSPS) is 13.9. The summed E-state index contributed by atoms with van der Waals surface area (Å²) in [4.78, 5) is 11.3. The van der Waals surface area contributed by atoms with Gasteiger partial charge in [0.05, 0.1) is 6.61 Å². The maximum absolute atomic E-state index is 11.3. The molecule has 0 rings (SSSR count). The Morgan fingerprint density at radius 3 is 2.38 bits per heavy atom. The molecule has 0 aromatic heterocycles. The van der Waals surface area contributed by atoms with Crippen LogP contribution in [0.1, 0.15) is 20.8 Å². The zero-order valence-corrected chi connectivity index (χ0v) is 9.65. The molecule has 0 bridgehead atoms. The molecular weight excluding hydrogens is 186 g/mol. The largest absolute Gasteiger partial charge is 0.464 e. The molecule has 0 fully saturated rings. The van der Waals surface area contributed by atoms with Gasteiger partial charge in [0.2, 0.25) is 0 Å². The molecule has 1 N–H and O–H groups in total. The summed E-state index contributed by atoms with van der Waals surface area (Å²) in [5.41, 5.74) is 0.0184. The van der Waals surface area contributed by atoms with Crippen molar-refractivity contribution < 1.29 is 9.53 Å². The maximum atomic E-state index is 11.3. The van der Waals surface area contributed by atoms with Crippen molar-refractivity contribution >= 4 is 18.6 Å². The zero-order chi connectivity index (χ0) is 10.5. The lowest BCUT2D eigenvalue weighted by molar-refractivity contribution is -0.148. The fraction of sp³-hybridized carbons (Fsp3) is 0.889. The minimum absolute atomic E-state index is 0.0184. The predicted molar refractivity (Wildman–Crippen MR) is 57.1 cm³/mol. The quantitative estimate of drug-likeness (QED) is 0.533. The molecule has 0 aromatic carbocycles. The number of hydrogen-bond donors (Lipinski definition) is 2. The minimum Gasteiger partial charge on any atom is -0.464 e. The fourth-order valence-corrected chi connectivity index (χ4v) is 1.00. The van der Waals surface area contributed by atoms with Gasteiger partial charge in [0.15, 0.2) is 0 Å². The average molecular weight is 205 g/mol. The Kier molecular flexibility index (Phi) is 5.40. The third-order valence-electron chi connectivity index (χ3n) is 1.46. The van der Waals surface area contributed by atoms with Crippen LogP contribution in [-0.4, -0.2) is 31.4 Å². The zero-order valence-electron chi connectivity index (χ0n) is 8.76. The van der Waals surface area contributed by atoms with E-state index >= 15 is 0 Å². The van der Waals surface area contributed by atoms with Gasteiger partial charge in [-0.2, -0.15) is 12.6 Å². The fourth-order valence-electron chi connectivity index (χ4n) is 0.672. The molecule has 0 heterocycles. The highest BCUT2D eigenvalue weighted by molar-refractivity contribution is 7.80. The first-order chi connectivity index (χ1) is 5.90. The lowest BCUT2D eigenvalue weighted by atomic mass is 9.99. The molecule has 1 atom stereocenters. The second-order valence-electron chi connectivity index (χ2n) is 4.19. The summed E-state index contributed by atoms with van der Waals surface area (Å²) in [6.45, 7) is 6.51. The van der Waals surface area contributed by atoms with Crippen molar-refractivity contribution in [2.24, 2.45) is 5.41 Å². The molecular formula is C9H19NO2S. The van der Waals surface area contributed by atoms with E-state index in [1.807, 2.05) is 20.8 Å². The molecule has 0 saturated heterocycles. The first kappa shape index (κ1) is 12.8. The first-order valence-electron chi connectivity index (χ1n) is 4.35. The predicted octanol–water partition coefficient (Wildman–Crippen LogP) is 1.09. The lowest BCUT2D eigenvalue weighted by Gasteiger charge is -2.20. The number of hydrogen-bond acceptors (Lipinski definition) is 4. The highest BCUT2D eigenvalue weighted by atomic mass is 32.1. The van der Waals surface area contributed by atoms with Gasteiger partial charge in [0, 0.05) is 5.75 Å². The summed E-state index contributed by atoms with van der Waals surface area (Å²) in [6.07, 6.45) is 0. The van der Waals surface area contributed by atoms with Crippen molar-refractivity contribution in [2.75, 3.05) is 19.4 Å². The van der Waals surface area contributed by atoms with Gasteiger partial charge in [-0.1, -0.05) is 20.8 Å². The minimum atomic E-state index is -0.300. The standard InChI is InChI=1S/C9H19NO2S/c1-9(2,3)6-12-8(11)7(5-13)10-4/h7,10,13H,5-6H2,1-4H3/t7-/m0/s1. The molecule has 0 saturated carbocycles. The van der Waals surface area contributed by atoms with Gasteiger partial charge in [0.1, 0.15) is 6.04 Å². The number of thiol groups is 1. The molecule has 0 aliphatic carbocycles. The summed E-state index contributed by atoms with van der Waals surface area (Å²) in [5.74, 6) is 0.229. The Hall–Kier alpha value is -0.220. The van der Waals surface area contributed by atoms with Crippen molar-refractivity contribution in [3.63, 3.8) is 0 Å². The monoisotopic (exact) mass is 205 g/mol. The molecule has 4 heteroatoms. The number of rotatable bonds is 4. The maximum Gasteiger partial charge on any atom is 0.323 e. The SMILES string of the molecule is CN[C@@H](CS)C(=O)OCC(C)(C)C. The Bertz CT molecular complexity index is 161. The van der Waals surface area contributed by atoms with Crippen LogP contribution in [0.4, 0.5) is 0 Å². The Morgan fingerprint density at radius 1 is 1.54 bits per heavy atom. The lowest BCUT2D eigenvalue weighted by Crippen LogP contribution is -2.38. The van der Waals surface area contributed by atoms with Crippen LogP contribution in [0.2, 0.25) is 0 Å². The molecule has 78 valence electrons. The second kappa shape index (κ2) is 5.50. The van der Waals surface area contributed by atoms with Crippen LogP contribution in [-0.2, 0) is 9.53 Å². The molecule has 0 radical (unpaired) electrons. The Morgan fingerprint density at radius 2 is 2.08 bits per heavy atom. The van der Waals surface area contributed by atoms with Gasteiger partial charge in [-0.25, -0.2) is 0 Å². The number of likely N-dealkylation sites (N-methyl/N-ethyl adjacent to an activating group) is 1. The van der Waals surface area contributed by atoms with Gasteiger partial charge >= 0.3 is 5.97 Å². The number of carbonyl (C=O) groups is 1. The van der Waals surface area contributed by atoms with Crippen molar-refractivity contribution in [1.29, 1.82) is 0 Å². The topological polar surface area (TPSA) is 38.3 Å².